The van der Waals surface area contributed by atoms with E-state index in [0.717, 1.165) is 41.0 Å². The van der Waals surface area contributed by atoms with Crippen molar-refractivity contribution in [1.29, 1.82) is 0 Å². The predicted octanol–water partition coefficient (Wildman–Crippen LogP) is 6.60. The molecule has 4 rings (SSSR count). The van der Waals surface area contributed by atoms with Crippen molar-refractivity contribution in [3.05, 3.63) is 82.4 Å². The number of methoxy groups -OCH3 is 2. The van der Waals surface area contributed by atoms with Crippen molar-refractivity contribution in [3.63, 3.8) is 0 Å². The van der Waals surface area contributed by atoms with E-state index in [0.29, 0.717) is 16.5 Å². The number of rotatable bonds is 8. The molecule has 1 unspecified atom stereocenters. The Kier molecular flexibility index (Phi) is 7.32. The van der Waals surface area contributed by atoms with Crippen LogP contribution < -0.4 is 19.1 Å². The number of anilines is 1. The number of carbonyl (C=O) groups is 1. The van der Waals surface area contributed by atoms with Crippen LogP contribution in [0.3, 0.4) is 0 Å². The first-order valence-corrected chi connectivity index (χ1v) is 12.0. The van der Waals surface area contributed by atoms with Crippen molar-refractivity contribution in [2.75, 3.05) is 19.1 Å². The summed E-state index contributed by atoms with van der Waals surface area (Å²) < 4.78 is 17.3. The van der Waals surface area contributed by atoms with Gasteiger partial charge in [-0.25, -0.2) is 0 Å². The van der Waals surface area contributed by atoms with Crippen LogP contribution in [0.25, 0.3) is 0 Å². The maximum Gasteiger partial charge on any atom is 0.232 e. The first kappa shape index (κ1) is 24.0. The molecule has 0 aliphatic carbocycles. The van der Waals surface area contributed by atoms with Gasteiger partial charge in [0.1, 0.15) is 5.75 Å². The van der Waals surface area contributed by atoms with Crippen LogP contribution >= 0.6 is 11.6 Å². The number of ether oxygens (including phenoxy) is 3. The molecular weight excluding hydrogens is 450 g/mol. The van der Waals surface area contributed by atoms with Crippen molar-refractivity contribution >= 4 is 23.2 Å². The van der Waals surface area contributed by atoms with Gasteiger partial charge in [0, 0.05) is 10.7 Å². The highest BCUT2D eigenvalue weighted by Crippen LogP contribution is 2.44. The first-order chi connectivity index (χ1) is 16.5. The Bertz CT molecular complexity index is 1140. The molecule has 3 aromatic rings. The van der Waals surface area contributed by atoms with Crippen LogP contribution in [0, 0.1) is 0 Å². The molecule has 1 amide bonds. The van der Waals surface area contributed by atoms with Crippen LogP contribution in [0.4, 0.5) is 5.69 Å². The van der Waals surface area contributed by atoms with Gasteiger partial charge in [0.15, 0.2) is 11.5 Å². The second kappa shape index (κ2) is 10.4. The lowest BCUT2D eigenvalue weighted by Gasteiger charge is -2.38. The summed E-state index contributed by atoms with van der Waals surface area (Å²) in [6.45, 7) is 4.22. The fraction of sp³-hybridized carbons (Fsp3) is 0.321. The molecule has 0 aromatic heterocycles. The molecule has 0 fully saturated rings. The largest absolute Gasteiger partial charge is 0.497 e. The summed E-state index contributed by atoms with van der Waals surface area (Å²) in [5, 5.41) is 0.648. The van der Waals surface area contributed by atoms with Gasteiger partial charge in [-0.1, -0.05) is 37.6 Å². The van der Waals surface area contributed by atoms with E-state index in [-0.39, 0.29) is 24.5 Å². The van der Waals surface area contributed by atoms with Crippen LogP contribution in [0.15, 0.2) is 60.7 Å². The average Bonchev–Trinajstić information content (AvgIpc) is 2.87. The van der Waals surface area contributed by atoms with E-state index in [9.17, 15) is 4.79 Å². The predicted molar refractivity (Wildman–Crippen MR) is 135 cm³/mol. The molecule has 0 bridgehead atoms. The van der Waals surface area contributed by atoms with Crippen LogP contribution in [0.2, 0.25) is 5.02 Å². The standard InChI is InChI=1S/C28H30ClNO4/c1-5-22(6-2)34-26-17-24-19(15-25(26)33-4)16-27(31)30(21-11-13-23(32-3)14-12-21)28(24)18-7-9-20(29)10-8-18/h7-15,17,22,28H,5-6,16H2,1-4H3. The fourth-order valence-electron chi connectivity index (χ4n) is 4.45. The number of hydrogen-bond acceptors (Lipinski definition) is 4. The summed E-state index contributed by atoms with van der Waals surface area (Å²) in [4.78, 5) is 15.4. The van der Waals surface area contributed by atoms with Gasteiger partial charge in [0.2, 0.25) is 5.91 Å². The zero-order valence-electron chi connectivity index (χ0n) is 20.0. The number of amides is 1. The average molecular weight is 480 g/mol. The van der Waals surface area contributed by atoms with Crippen LogP contribution in [0.1, 0.15) is 49.4 Å². The monoisotopic (exact) mass is 479 g/mol. The van der Waals surface area contributed by atoms with E-state index >= 15 is 0 Å². The minimum Gasteiger partial charge on any atom is -0.497 e. The third kappa shape index (κ3) is 4.71. The summed E-state index contributed by atoms with van der Waals surface area (Å²) in [6, 6.07) is 18.9. The third-order valence-electron chi connectivity index (χ3n) is 6.33. The summed E-state index contributed by atoms with van der Waals surface area (Å²) in [5.41, 5.74) is 3.71. The smallest absolute Gasteiger partial charge is 0.232 e. The molecule has 34 heavy (non-hydrogen) atoms. The van der Waals surface area contributed by atoms with Gasteiger partial charge in [-0.2, -0.15) is 0 Å². The van der Waals surface area contributed by atoms with E-state index in [4.69, 9.17) is 25.8 Å². The molecule has 5 nitrogen and oxygen atoms in total. The molecule has 1 atom stereocenters. The highest BCUT2D eigenvalue weighted by molar-refractivity contribution is 6.30. The summed E-state index contributed by atoms with van der Waals surface area (Å²) in [7, 11) is 3.26. The summed E-state index contributed by atoms with van der Waals surface area (Å²) in [6.07, 6.45) is 2.15. The molecule has 1 aliphatic rings. The van der Waals surface area contributed by atoms with Crippen molar-refractivity contribution in [2.45, 2.75) is 45.3 Å². The van der Waals surface area contributed by atoms with Gasteiger partial charge in [0.25, 0.3) is 0 Å². The Hall–Kier alpha value is -3.18. The molecule has 3 aromatic carbocycles. The molecule has 0 spiro atoms. The van der Waals surface area contributed by atoms with Gasteiger partial charge >= 0.3 is 0 Å². The Morgan fingerprint density at radius 2 is 1.62 bits per heavy atom. The number of benzene rings is 3. The van der Waals surface area contributed by atoms with E-state index in [1.807, 2.05) is 65.6 Å². The van der Waals surface area contributed by atoms with E-state index in [1.54, 1.807) is 14.2 Å². The van der Waals surface area contributed by atoms with Crippen molar-refractivity contribution in [3.8, 4) is 17.2 Å². The first-order valence-electron chi connectivity index (χ1n) is 11.6. The molecule has 6 heteroatoms. The van der Waals surface area contributed by atoms with Crippen LogP contribution in [-0.4, -0.2) is 26.2 Å². The van der Waals surface area contributed by atoms with Gasteiger partial charge in [-0.15, -0.1) is 0 Å². The quantitative estimate of drug-likeness (QED) is 0.365. The van der Waals surface area contributed by atoms with Crippen LogP contribution in [0.5, 0.6) is 17.2 Å². The zero-order valence-corrected chi connectivity index (χ0v) is 20.8. The second-order valence-corrected chi connectivity index (χ2v) is 8.79. The molecule has 0 saturated carbocycles. The second-order valence-electron chi connectivity index (χ2n) is 8.35. The van der Waals surface area contributed by atoms with Gasteiger partial charge in [0.05, 0.1) is 32.8 Å². The topological polar surface area (TPSA) is 48.0 Å². The summed E-state index contributed by atoms with van der Waals surface area (Å²) >= 11 is 6.19. The number of halogens is 1. The minimum atomic E-state index is -0.336. The summed E-state index contributed by atoms with van der Waals surface area (Å²) in [5.74, 6) is 2.08. The minimum absolute atomic E-state index is 0.00771. The SMILES string of the molecule is CCC(CC)Oc1cc2c(cc1OC)CC(=O)N(c1ccc(OC)cc1)C2c1ccc(Cl)cc1. The molecule has 1 heterocycles. The Morgan fingerprint density at radius 1 is 0.941 bits per heavy atom. The maximum absolute atomic E-state index is 13.5. The molecular formula is C28H30ClNO4. The molecule has 0 radical (unpaired) electrons. The molecule has 0 N–H and O–H groups in total. The van der Waals surface area contributed by atoms with E-state index in [1.165, 1.54) is 0 Å². The lowest BCUT2D eigenvalue weighted by molar-refractivity contribution is -0.118. The van der Waals surface area contributed by atoms with Gasteiger partial charge < -0.3 is 19.1 Å². The lowest BCUT2D eigenvalue weighted by Crippen LogP contribution is -2.41. The van der Waals surface area contributed by atoms with E-state index < -0.39 is 0 Å². The molecule has 0 saturated heterocycles. The Morgan fingerprint density at radius 3 is 2.21 bits per heavy atom. The molecule has 178 valence electrons. The highest BCUT2D eigenvalue weighted by Gasteiger charge is 2.36. The zero-order chi connectivity index (χ0) is 24.2. The number of hydrogen-bond donors (Lipinski definition) is 0. The Labute approximate surface area is 206 Å². The van der Waals surface area contributed by atoms with Crippen molar-refractivity contribution < 1.29 is 19.0 Å². The lowest BCUT2D eigenvalue weighted by atomic mass is 9.86. The van der Waals surface area contributed by atoms with Gasteiger partial charge in [-0.3, -0.25) is 4.79 Å². The maximum atomic E-state index is 13.5. The Balaban J connectivity index is 1.88. The number of carbonyl (C=O) groups excluding carboxylic acids is 1. The van der Waals surface area contributed by atoms with Crippen LogP contribution in [-0.2, 0) is 11.2 Å². The number of fused-ring (bicyclic) bond motifs is 1. The van der Waals surface area contributed by atoms with Gasteiger partial charge in [-0.05, 0) is 78.1 Å². The van der Waals surface area contributed by atoms with Crippen molar-refractivity contribution in [1.82, 2.24) is 0 Å². The fourth-order valence-corrected chi connectivity index (χ4v) is 4.58. The van der Waals surface area contributed by atoms with E-state index in [2.05, 4.69) is 13.8 Å². The highest BCUT2D eigenvalue weighted by atomic mass is 35.5. The molecule has 1 aliphatic heterocycles. The third-order valence-corrected chi connectivity index (χ3v) is 6.58. The number of nitrogens with zero attached hydrogens (tertiary/aromatic N) is 1. The van der Waals surface area contributed by atoms with Crippen molar-refractivity contribution in [2.24, 2.45) is 0 Å². The normalized spacial score (nSPS) is 15.3.